The van der Waals surface area contributed by atoms with Crippen molar-refractivity contribution >= 4 is 27.8 Å². The molecule has 0 unspecified atom stereocenters. The first-order chi connectivity index (χ1) is 8.91. The highest BCUT2D eigenvalue weighted by atomic mass is 16.6. The van der Waals surface area contributed by atoms with Gasteiger partial charge in [0.25, 0.3) is 5.69 Å². The Kier molecular flexibility index (Phi) is 2.79. The molecule has 0 heterocycles. The molecule has 0 saturated carbocycles. The lowest BCUT2D eigenvalue weighted by molar-refractivity contribution is -0.422. The molecule has 0 aromatic heterocycles. The van der Waals surface area contributed by atoms with Gasteiger partial charge >= 0.3 is 11.4 Å². The number of nitro benzene ring substituents is 3. The number of nitrogens with zero attached hydrogens (tertiary/aromatic N) is 3. The van der Waals surface area contributed by atoms with Crippen LogP contribution in [-0.4, -0.2) is 14.8 Å². The fourth-order valence-corrected chi connectivity index (χ4v) is 1.74. The van der Waals surface area contributed by atoms with Crippen LogP contribution in [0.25, 0.3) is 10.8 Å². The van der Waals surface area contributed by atoms with E-state index in [1.165, 1.54) is 18.2 Å². The summed E-state index contributed by atoms with van der Waals surface area (Å²) in [4.78, 5) is 29.8. The Hall–Kier alpha value is -3.10. The highest BCUT2D eigenvalue weighted by molar-refractivity contribution is 5.95. The molecule has 0 saturated heterocycles. The van der Waals surface area contributed by atoms with E-state index >= 15 is 0 Å². The molecule has 0 N–H and O–H groups in total. The van der Waals surface area contributed by atoms with E-state index in [0.29, 0.717) is 0 Å². The van der Waals surface area contributed by atoms with Crippen molar-refractivity contribution in [1.82, 2.24) is 0 Å². The molecule has 0 aliphatic heterocycles. The molecule has 9 heteroatoms. The van der Waals surface area contributed by atoms with E-state index in [4.69, 9.17) is 0 Å². The van der Waals surface area contributed by atoms with Gasteiger partial charge in [-0.05, 0) is 5.39 Å². The third kappa shape index (κ3) is 2.04. The molecule has 0 bridgehead atoms. The van der Waals surface area contributed by atoms with Crippen molar-refractivity contribution in [1.29, 1.82) is 0 Å². The fourth-order valence-electron chi connectivity index (χ4n) is 1.74. The van der Waals surface area contributed by atoms with Gasteiger partial charge in [-0.3, -0.25) is 30.3 Å². The van der Waals surface area contributed by atoms with E-state index in [1.54, 1.807) is 0 Å². The second kappa shape index (κ2) is 4.29. The Morgan fingerprint density at radius 2 is 1.26 bits per heavy atom. The molecule has 0 aliphatic rings. The smallest absolute Gasteiger partial charge is 0.258 e. The first-order valence-electron chi connectivity index (χ1n) is 4.91. The molecule has 2 aromatic rings. The summed E-state index contributed by atoms with van der Waals surface area (Å²) in [7, 11) is 0. The van der Waals surface area contributed by atoms with Crippen LogP contribution < -0.4 is 0 Å². The van der Waals surface area contributed by atoms with Crippen molar-refractivity contribution < 1.29 is 14.8 Å². The number of rotatable bonds is 3. The molecule has 0 radical (unpaired) electrons. The number of benzene rings is 2. The van der Waals surface area contributed by atoms with Crippen LogP contribution in [0, 0.1) is 30.3 Å². The van der Waals surface area contributed by atoms with E-state index in [0.717, 1.165) is 12.1 Å². The van der Waals surface area contributed by atoms with Crippen molar-refractivity contribution in [2.75, 3.05) is 0 Å². The second-order valence-electron chi connectivity index (χ2n) is 3.61. The second-order valence-corrected chi connectivity index (χ2v) is 3.61. The molecule has 19 heavy (non-hydrogen) atoms. The van der Waals surface area contributed by atoms with Gasteiger partial charge in [0.1, 0.15) is 0 Å². The summed E-state index contributed by atoms with van der Waals surface area (Å²) in [6.45, 7) is 0. The lowest BCUT2D eigenvalue weighted by Gasteiger charge is -2.00. The van der Waals surface area contributed by atoms with E-state index in [2.05, 4.69) is 0 Å². The SMILES string of the molecule is O=[N+]([O-])c1cc2cccc([N+](=O)[O-])c2cc1[N+](=O)[O-]. The minimum atomic E-state index is -0.936. The largest absolute Gasteiger partial charge is 0.346 e. The lowest BCUT2D eigenvalue weighted by Crippen LogP contribution is -1.97. The molecule has 9 nitrogen and oxygen atoms in total. The van der Waals surface area contributed by atoms with Crippen LogP contribution >= 0.6 is 0 Å². The molecule has 0 atom stereocenters. The van der Waals surface area contributed by atoms with E-state index in [9.17, 15) is 30.3 Å². The third-order valence-corrected chi connectivity index (χ3v) is 2.54. The monoisotopic (exact) mass is 263 g/mol. The summed E-state index contributed by atoms with van der Waals surface area (Å²) in [5, 5.41) is 32.5. The summed E-state index contributed by atoms with van der Waals surface area (Å²) in [6.07, 6.45) is 0. The summed E-state index contributed by atoms with van der Waals surface area (Å²) in [6, 6.07) is 5.76. The topological polar surface area (TPSA) is 129 Å². The molecule has 0 amide bonds. The first kappa shape index (κ1) is 12.4. The van der Waals surface area contributed by atoms with Crippen LogP contribution in [0.2, 0.25) is 0 Å². The fraction of sp³-hybridized carbons (Fsp3) is 0. The Balaban J connectivity index is 2.89. The van der Waals surface area contributed by atoms with Crippen LogP contribution in [0.3, 0.4) is 0 Å². The van der Waals surface area contributed by atoms with Crippen molar-refractivity contribution in [2.45, 2.75) is 0 Å². The number of non-ortho nitro benzene ring substituents is 1. The predicted octanol–water partition coefficient (Wildman–Crippen LogP) is 2.56. The van der Waals surface area contributed by atoms with Gasteiger partial charge in [-0.25, -0.2) is 0 Å². The van der Waals surface area contributed by atoms with Crippen LogP contribution in [0.15, 0.2) is 30.3 Å². The van der Waals surface area contributed by atoms with Gasteiger partial charge in [0, 0.05) is 18.2 Å². The molecule has 0 aliphatic carbocycles. The van der Waals surface area contributed by atoms with Gasteiger partial charge in [0.15, 0.2) is 0 Å². The zero-order valence-electron chi connectivity index (χ0n) is 9.18. The zero-order chi connectivity index (χ0) is 14.2. The van der Waals surface area contributed by atoms with Crippen LogP contribution in [0.4, 0.5) is 17.1 Å². The summed E-state index contributed by atoms with van der Waals surface area (Å²) < 4.78 is 0. The Morgan fingerprint density at radius 1 is 0.737 bits per heavy atom. The minimum Gasteiger partial charge on any atom is -0.258 e. The van der Waals surface area contributed by atoms with E-state index in [1.807, 2.05) is 0 Å². The molecular weight excluding hydrogens is 258 g/mol. The zero-order valence-corrected chi connectivity index (χ0v) is 9.18. The maximum absolute atomic E-state index is 10.8. The van der Waals surface area contributed by atoms with Gasteiger partial charge in [0.2, 0.25) is 0 Å². The van der Waals surface area contributed by atoms with Gasteiger partial charge in [-0.1, -0.05) is 12.1 Å². The van der Waals surface area contributed by atoms with Crippen LogP contribution in [-0.2, 0) is 0 Å². The average molecular weight is 263 g/mol. The summed E-state index contributed by atoms with van der Waals surface area (Å²) >= 11 is 0. The van der Waals surface area contributed by atoms with Crippen molar-refractivity contribution in [3.63, 3.8) is 0 Å². The minimum absolute atomic E-state index is 0.00944. The maximum Gasteiger partial charge on any atom is 0.346 e. The first-order valence-corrected chi connectivity index (χ1v) is 4.91. The molecule has 2 aromatic carbocycles. The number of fused-ring (bicyclic) bond motifs is 1. The molecule has 0 fully saturated rings. The van der Waals surface area contributed by atoms with Gasteiger partial charge in [-0.15, -0.1) is 0 Å². The number of nitro groups is 3. The predicted molar refractivity (Wildman–Crippen MR) is 63.9 cm³/mol. The standard InChI is InChI=1S/C10H5N3O6/c14-11(15)8-3-1-2-6-4-9(12(16)17)10(13(18)19)5-7(6)8/h1-5H. The quantitative estimate of drug-likeness (QED) is 0.617. The number of hydrogen-bond acceptors (Lipinski definition) is 6. The van der Waals surface area contributed by atoms with Crippen LogP contribution in [0.5, 0.6) is 0 Å². The van der Waals surface area contributed by atoms with Crippen LogP contribution in [0.1, 0.15) is 0 Å². The number of hydrogen-bond donors (Lipinski definition) is 0. The summed E-state index contributed by atoms with van der Waals surface area (Å²) in [5.74, 6) is 0. The Labute approximate surface area is 104 Å². The van der Waals surface area contributed by atoms with Crippen molar-refractivity contribution in [2.24, 2.45) is 0 Å². The molecule has 0 spiro atoms. The highest BCUT2D eigenvalue weighted by Gasteiger charge is 2.27. The van der Waals surface area contributed by atoms with Gasteiger partial charge < -0.3 is 0 Å². The lowest BCUT2D eigenvalue weighted by atomic mass is 10.1. The van der Waals surface area contributed by atoms with Crippen molar-refractivity contribution in [3.05, 3.63) is 60.7 Å². The Bertz CT molecular complexity index is 727. The average Bonchev–Trinajstić information content (AvgIpc) is 2.35. The van der Waals surface area contributed by atoms with Crippen molar-refractivity contribution in [3.8, 4) is 0 Å². The van der Waals surface area contributed by atoms with Gasteiger partial charge in [-0.2, -0.15) is 0 Å². The van der Waals surface area contributed by atoms with E-state index < -0.39 is 26.1 Å². The molecule has 96 valence electrons. The highest BCUT2D eigenvalue weighted by Crippen LogP contribution is 2.35. The molecular formula is C10H5N3O6. The molecule has 2 rings (SSSR count). The maximum atomic E-state index is 10.8. The van der Waals surface area contributed by atoms with Gasteiger partial charge in [0.05, 0.1) is 20.2 Å². The third-order valence-electron chi connectivity index (χ3n) is 2.54. The summed E-state index contributed by atoms with van der Waals surface area (Å²) in [5.41, 5.74) is -1.81. The normalized spacial score (nSPS) is 10.3. The van der Waals surface area contributed by atoms with E-state index in [-0.39, 0.29) is 16.5 Å². The Morgan fingerprint density at radius 3 is 1.79 bits per heavy atom.